The monoisotopic (exact) mass is 289 g/mol. The first-order valence-electron chi connectivity index (χ1n) is 6.03. The fourth-order valence-corrected chi connectivity index (χ4v) is 1.60. The van der Waals surface area contributed by atoms with Crippen LogP contribution in [0.2, 0.25) is 0 Å². The second kappa shape index (κ2) is 6.65. The summed E-state index contributed by atoms with van der Waals surface area (Å²) in [6, 6.07) is 9.07. The largest absolute Gasteiger partial charge is 0.658 e. The number of hydrogen-bond acceptors (Lipinski definition) is 6. The summed E-state index contributed by atoms with van der Waals surface area (Å²) >= 11 is 0. The second-order valence-corrected chi connectivity index (χ2v) is 4.00. The van der Waals surface area contributed by atoms with Crippen LogP contribution in [0.4, 0.5) is 0 Å². The number of phenols is 2. The van der Waals surface area contributed by atoms with Crippen molar-refractivity contribution in [3.63, 3.8) is 0 Å². The maximum Gasteiger partial charge on any atom is 0.658 e. The summed E-state index contributed by atoms with van der Waals surface area (Å²) < 4.78 is 20.5. The van der Waals surface area contributed by atoms with Crippen molar-refractivity contribution >= 4 is 7.69 Å². The van der Waals surface area contributed by atoms with E-state index in [1.54, 1.807) is 12.1 Å². The van der Waals surface area contributed by atoms with Crippen molar-refractivity contribution in [2.24, 2.45) is 0 Å². The van der Waals surface area contributed by atoms with Crippen molar-refractivity contribution < 1.29 is 29.0 Å². The molecule has 0 heterocycles. The van der Waals surface area contributed by atoms with E-state index in [4.69, 9.17) is 18.8 Å². The molecule has 0 spiro atoms. The van der Waals surface area contributed by atoms with Gasteiger partial charge in [-0.3, -0.25) is 0 Å². The standard InChI is InChI=1S/C14H14BO6/c1-18-13-7-9(3-5-11(13)16)20-15-21-10-4-6-12(17)14(8-10)19-2/h3-8,16-17H,1-2H3. The molecule has 6 nitrogen and oxygen atoms in total. The number of phenolic OH excluding ortho intramolecular Hbond substituents is 2. The van der Waals surface area contributed by atoms with Gasteiger partial charge in [0.25, 0.3) is 0 Å². The van der Waals surface area contributed by atoms with E-state index >= 15 is 0 Å². The van der Waals surface area contributed by atoms with Crippen molar-refractivity contribution in [2.45, 2.75) is 0 Å². The van der Waals surface area contributed by atoms with Crippen LogP contribution in [0.15, 0.2) is 36.4 Å². The van der Waals surface area contributed by atoms with Gasteiger partial charge in [0.2, 0.25) is 0 Å². The maximum atomic E-state index is 9.46. The van der Waals surface area contributed by atoms with Crippen LogP contribution in [0.5, 0.6) is 34.5 Å². The highest BCUT2D eigenvalue weighted by atomic mass is 16.6. The first kappa shape index (κ1) is 14.7. The number of aromatic hydroxyl groups is 2. The smallest absolute Gasteiger partial charge is 0.526 e. The first-order valence-corrected chi connectivity index (χ1v) is 6.03. The molecule has 0 saturated heterocycles. The lowest BCUT2D eigenvalue weighted by Gasteiger charge is -2.10. The molecular weight excluding hydrogens is 275 g/mol. The fraction of sp³-hybridized carbons (Fsp3) is 0.143. The lowest BCUT2D eigenvalue weighted by molar-refractivity contribution is 0.368. The molecule has 0 aliphatic rings. The quantitative estimate of drug-likeness (QED) is 0.793. The Hall–Kier alpha value is -2.70. The highest BCUT2D eigenvalue weighted by Gasteiger charge is 2.08. The lowest BCUT2D eigenvalue weighted by Crippen LogP contribution is -2.10. The molecule has 0 atom stereocenters. The van der Waals surface area contributed by atoms with Gasteiger partial charge in [0.1, 0.15) is 11.5 Å². The average Bonchev–Trinajstić information content (AvgIpc) is 2.50. The van der Waals surface area contributed by atoms with Crippen molar-refractivity contribution in [3.8, 4) is 34.5 Å². The number of ether oxygens (including phenoxy) is 2. The van der Waals surface area contributed by atoms with Crippen LogP contribution >= 0.6 is 0 Å². The summed E-state index contributed by atoms with van der Waals surface area (Å²) in [5.74, 6) is 1.52. The maximum absolute atomic E-state index is 9.46. The molecule has 0 unspecified atom stereocenters. The molecule has 0 bridgehead atoms. The van der Waals surface area contributed by atoms with Gasteiger partial charge < -0.3 is 29.0 Å². The Kier molecular flexibility index (Phi) is 4.66. The molecule has 0 amide bonds. The summed E-state index contributed by atoms with van der Waals surface area (Å²) in [7, 11) is 4.02. The van der Waals surface area contributed by atoms with Gasteiger partial charge in [-0.2, -0.15) is 0 Å². The predicted molar refractivity (Wildman–Crippen MR) is 76.3 cm³/mol. The minimum atomic E-state index is 0.0223. The summed E-state index contributed by atoms with van der Waals surface area (Å²) in [6.07, 6.45) is 0. The molecule has 0 fully saturated rings. The van der Waals surface area contributed by atoms with Crippen molar-refractivity contribution in [1.29, 1.82) is 0 Å². The van der Waals surface area contributed by atoms with Crippen LogP contribution < -0.4 is 18.8 Å². The molecule has 0 aliphatic carbocycles. The predicted octanol–water partition coefficient (Wildman–Crippen LogP) is 2.11. The minimum absolute atomic E-state index is 0.0223. The van der Waals surface area contributed by atoms with E-state index in [0.717, 1.165) is 7.69 Å². The van der Waals surface area contributed by atoms with E-state index in [1.807, 2.05) is 0 Å². The van der Waals surface area contributed by atoms with Gasteiger partial charge in [-0.25, -0.2) is 0 Å². The number of hydrogen-bond donors (Lipinski definition) is 2. The number of benzene rings is 2. The topological polar surface area (TPSA) is 77.4 Å². The zero-order chi connectivity index (χ0) is 15.2. The van der Waals surface area contributed by atoms with Gasteiger partial charge in [0.05, 0.1) is 14.2 Å². The van der Waals surface area contributed by atoms with Crippen LogP contribution in [-0.2, 0) is 0 Å². The third kappa shape index (κ3) is 3.65. The van der Waals surface area contributed by atoms with Crippen LogP contribution in [0.25, 0.3) is 0 Å². The van der Waals surface area contributed by atoms with Gasteiger partial charge in [0.15, 0.2) is 23.0 Å². The highest BCUT2D eigenvalue weighted by Crippen LogP contribution is 2.31. The number of rotatable bonds is 6. The second-order valence-electron chi connectivity index (χ2n) is 4.00. The summed E-state index contributed by atoms with van der Waals surface area (Å²) in [4.78, 5) is 0. The Balaban J connectivity index is 1.95. The van der Waals surface area contributed by atoms with Gasteiger partial charge in [-0.05, 0) is 24.3 Å². The SMILES string of the molecule is COc1cc(O[B]Oc2ccc(O)c(OC)c2)ccc1O. The van der Waals surface area contributed by atoms with Crippen LogP contribution in [0.3, 0.4) is 0 Å². The number of methoxy groups -OCH3 is 2. The molecule has 0 aliphatic heterocycles. The van der Waals surface area contributed by atoms with Crippen molar-refractivity contribution in [2.75, 3.05) is 14.2 Å². The molecular formula is C14H14BO6. The van der Waals surface area contributed by atoms with E-state index in [0.29, 0.717) is 23.0 Å². The fourth-order valence-electron chi connectivity index (χ4n) is 1.60. The van der Waals surface area contributed by atoms with E-state index in [-0.39, 0.29) is 11.5 Å². The van der Waals surface area contributed by atoms with Crippen LogP contribution in [-0.4, -0.2) is 32.1 Å². The Morgan fingerprint density at radius 1 is 0.762 bits per heavy atom. The molecule has 2 aromatic rings. The molecule has 21 heavy (non-hydrogen) atoms. The van der Waals surface area contributed by atoms with Crippen molar-refractivity contribution in [3.05, 3.63) is 36.4 Å². The van der Waals surface area contributed by atoms with Crippen LogP contribution in [0.1, 0.15) is 0 Å². The molecule has 1 radical (unpaired) electrons. The van der Waals surface area contributed by atoms with Crippen molar-refractivity contribution in [1.82, 2.24) is 0 Å². The van der Waals surface area contributed by atoms with E-state index in [1.165, 1.54) is 38.5 Å². The zero-order valence-corrected chi connectivity index (χ0v) is 11.6. The molecule has 2 rings (SSSR count). The molecule has 7 heteroatoms. The van der Waals surface area contributed by atoms with E-state index in [9.17, 15) is 10.2 Å². The third-order valence-corrected chi connectivity index (χ3v) is 2.67. The van der Waals surface area contributed by atoms with Gasteiger partial charge >= 0.3 is 7.69 Å². The highest BCUT2D eigenvalue weighted by molar-refractivity contribution is 6.20. The van der Waals surface area contributed by atoms with E-state index in [2.05, 4.69) is 0 Å². The van der Waals surface area contributed by atoms with E-state index < -0.39 is 0 Å². The lowest BCUT2D eigenvalue weighted by atomic mass is 10.2. The average molecular weight is 289 g/mol. The molecule has 0 saturated carbocycles. The molecule has 109 valence electrons. The van der Waals surface area contributed by atoms with Gasteiger partial charge in [-0.1, -0.05) is 0 Å². The molecule has 0 aromatic heterocycles. The summed E-state index contributed by atoms with van der Waals surface area (Å²) in [5, 5.41) is 18.9. The first-order chi connectivity index (χ1) is 10.1. The summed E-state index contributed by atoms with van der Waals surface area (Å²) in [6.45, 7) is 0. The zero-order valence-electron chi connectivity index (χ0n) is 11.6. The molecule has 2 aromatic carbocycles. The Bertz CT molecular complexity index is 563. The van der Waals surface area contributed by atoms with Crippen LogP contribution in [0, 0.1) is 0 Å². The minimum Gasteiger partial charge on any atom is -0.526 e. The molecule has 2 N–H and O–H groups in total. The Morgan fingerprint density at radius 2 is 1.19 bits per heavy atom. The summed E-state index contributed by atoms with van der Waals surface area (Å²) in [5.41, 5.74) is 0. The Morgan fingerprint density at radius 3 is 1.57 bits per heavy atom. The van der Waals surface area contributed by atoms with Gasteiger partial charge in [-0.15, -0.1) is 0 Å². The Labute approximate surface area is 122 Å². The third-order valence-electron chi connectivity index (χ3n) is 2.67. The van der Waals surface area contributed by atoms with Gasteiger partial charge in [0, 0.05) is 12.1 Å². The normalized spacial score (nSPS) is 9.81.